The summed E-state index contributed by atoms with van der Waals surface area (Å²) in [6, 6.07) is 7.54. The van der Waals surface area contributed by atoms with Gasteiger partial charge in [-0.2, -0.15) is 0 Å². The number of ether oxygens (including phenoxy) is 2. The van der Waals surface area contributed by atoms with Crippen molar-refractivity contribution in [1.29, 1.82) is 0 Å². The first kappa shape index (κ1) is 16.8. The molecule has 1 rings (SSSR count). The van der Waals surface area contributed by atoms with Crippen LogP contribution in [0.2, 0.25) is 0 Å². The number of aliphatic hydroxyl groups is 1. The third kappa shape index (κ3) is 5.39. The van der Waals surface area contributed by atoms with Crippen LogP contribution in [0, 0.1) is 0 Å². The molecule has 1 aromatic carbocycles. The molecule has 2 unspecified atom stereocenters. The molecule has 114 valence electrons. The SMILES string of the molecule is CCCNC(C)(CO)CC(C)Oc1ccc(OC)cc1. The van der Waals surface area contributed by atoms with Crippen LogP contribution in [0.15, 0.2) is 24.3 Å². The second kappa shape index (κ2) is 8.12. The summed E-state index contributed by atoms with van der Waals surface area (Å²) in [6.07, 6.45) is 1.81. The molecule has 0 aromatic heterocycles. The molecule has 0 bridgehead atoms. The Labute approximate surface area is 122 Å². The van der Waals surface area contributed by atoms with Crippen molar-refractivity contribution in [3.63, 3.8) is 0 Å². The molecule has 20 heavy (non-hydrogen) atoms. The maximum absolute atomic E-state index is 9.56. The second-order valence-electron chi connectivity index (χ2n) is 5.45. The van der Waals surface area contributed by atoms with Crippen molar-refractivity contribution in [3.8, 4) is 11.5 Å². The number of benzene rings is 1. The first-order valence-corrected chi connectivity index (χ1v) is 7.19. The quantitative estimate of drug-likeness (QED) is 0.730. The van der Waals surface area contributed by atoms with Crippen molar-refractivity contribution in [2.24, 2.45) is 0 Å². The molecule has 0 fully saturated rings. The number of aliphatic hydroxyl groups excluding tert-OH is 1. The van der Waals surface area contributed by atoms with Crippen molar-refractivity contribution >= 4 is 0 Å². The van der Waals surface area contributed by atoms with Gasteiger partial charge in [-0.1, -0.05) is 6.92 Å². The molecular formula is C16H27NO3. The molecule has 0 aliphatic carbocycles. The van der Waals surface area contributed by atoms with Gasteiger partial charge >= 0.3 is 0 Å². The van der Waals surface area contributed by atoms with Gasteiger partial charge in [0, 0.05) is 12.0 Å². The molecular weight excluding hydrogens is 254 g/mol. The Bertz CT molecular complexity index is 380. The predicted octanol–water partition coefficient (Wildman–Crippen LogP) is 2.60. The highest BCUT2D eigenvalue weighted by Gasteiger charge is 2.25. The van der Waals surface area contributed by atoms with E-state index >= 15 is 0 Å². The summed E-state index contributed by atoms with van der Waals surface area (Å²) < 4.78 is 11.0. The van der Waals surface area contributed by atoms with E-state index in [-0.39, 0.29) is 18.2 Å². The van der Waals surface area contributed by atoms with E-state index in [1.807, 2.05) is 38.1 Å². The van der Waals surface area contributed by atoms with Gasteiger partial charge in [-0.25, -0.2) is 0 Å². The normalized spacial score (nSPS) is 15.4. The Morgan fingerprint density at radius 3 is 2.35 bits per heavy atom. The minimum absolute atomic E-state index is 0.0184. The largest absolute Gasteiger partial charge is 0.497 e. The van der Waals surface area contributed by atoms with Gasteiger partial charge in [-0.05, 0) is 51.1 Å². The zero-order valence-electron chi connectivity index (χ0n) is 13.0. The summed E-state index contributed by atoms with van der Waals surface area (Å²) in [5.41, 5.74) is -0.304. The van der Waals surface area contributed by atoms with Gasteiger partial charge in [0.25, 0.3) is 0 Å². The first-order valence-electron chi connectivity index (χ1n) is 7.19. The van der Waals surface area contributed by atoms with Gasteiger partial charge in [0.05, 0.1) is 19.8 Å². The zero-order valence-corrected chi connectivity index (χ0v) is 13.0. The smallest absolute Gasteiger partial charge is 0.119 e. The Morgan fingerprint density at radius 1 is 1.25 bits per heavy atom. The van der Waals surface area contributed by atoms with Crippen LogP contribution in [0.3, 0.4) is 0 Å². The highest BCUT2D eigenvalue weighted by atomic mass is 16.5. The van der Waals surface area contributed by atoms with Gasteiger partial charge < -0.3 is 19.9 Å². The highest BCUT2D eigenvalue weighted by molar-refractivity contribution is 5.31. The average Bonchev–Trinajstić information content (AvgIpc) is 2.46. The van der Waals surface area contributed by atoms with Gasteiger partial charge in [0.2, 0.25) is 0 Å². The fourth-order valence-electron chi connectivity index (χ4n) is 2.18. The molecule has 0 radical (unpaired) electrons. The van der Waals surface area contributed by atoms with Crippen LogP contribution < -0.4 is 14.8 Å². The van der Waals surface area contributed by atoms with Crippen LogP contribution in [-0.4, -0.2) is 37.0 Å². The van der Waals surface area contributed by atoms with E-state index < -0.39 is 0 Å². The average molecular weight is 281 g/mol. The van der Waals surface area contributed by atoms with Gasteiger partial charge in [-0.3, -0.25) is 0 Å². The zero-order chi connectivity index (χ0) is 15.0. The van der Waals surface area contributed by atoms with Crippen molar-refractivity contribution in [2.75, 3.05) is 20.3 Å². The first-order chi connectivity index (χ1) is 9.53. The summed E-state index contributed by atoms with van der Waals surface area (Å²) in [6.45, 7) is 7.15. The van der Waals surface area contributed by atoms with Crippen molar-refractivity contribution in [1.82, 2.24) is 5.32 Å². The van der Waals surface area contributed by atoms with E-state index in [0.29, 0.717) is 0 Å². The molecule has 0 heterocycles. The maximum Gasteiger partial charge on any atom is 0.119 e. The number of methoxy groups -OCH3 is 1. The topological polar surface area (TPSA) is 50.7 Å². The third-order valence-electron chi connectivity index (χ3n) is 3.29. The lowest BCUT2D eigenvalue weighted by Gasteiger charge is -2.31. The van der Waals surface area contributed by atoms with Crippen LogP contribution in [0.25, 0.3) is 0 Å². The molecule has 4 heteroatoms. The van der Waals surface area contributed by atoms with Gasteiger partial charge in [0.15, 0.2) is 0 Å². The Hall–Kier alpha value is -1.26. The van der Waals surface area contributed by atoms with Crippen LogP contribution in [0.5, 0.6) is 11.5 Å². The lowest BCUT2D eigenvalue weighted by Crippen LogP contribution is -2.48. The number of nitrogens with one attached hydrogen (secondary N) is 1. The molecule has 0 aliphatic rings. The van der Waals surface area contributed by atoms with Gasteiger partial charge in [-0.15, -0.1) is 0 Å². The summed E-state index contributed by atoms with van der Waals surface area (Å²) in [4.78, 5) is 0. The summed E-state index contributed by atoms with van der Waals surface area (Å²) in [5.74, 6) is 1.63. The summed E-state index contributed by atoms with van der Waals surface area (Å²) in [5, 5.41) is 12.9. The molecule has 2 N–H and O–H groups in total. The van der Waals surface area contributed by atoms with E-state index in [0.717, 1.165) is 30.9 Å². The molecule has 4 nitrogen and oxygen atoms in total. The van der Waals surface area contributed by atoms with E-state index in [1.54, 1.807) is 7.11 Å². The lowest BCUT2D eigenvalue weighted by molar-refractivity contribution is 0.110. The van der Waals surface area contributed by atoms with Crippen molar-refractivity contribution in [3.05, 3.63) is 24.3 Å². The second-order valence-corrected chi connectivity index (χ2v) is 5.45. The number of rotatable bonds is 9. The van der Waals surface area contributed by atoms with E-state index in [2.05, 4.69) is 12.2 Å². The molecule has 0 aliphatic heterocycles. The van der Waals surface area contributed by atoms with Crippen molar-refractivity contribution < 1.29 is 14.6 Å². The minimum atomic E-state index is -0.304. The monoisotopic (exact) mass is 281 g/mol. The molecule has 2 atom stereocenters. The Balaban J connectivity index is 2.53. The molecule has 1 aromatic rings. The van der Waals surface area contributed by atoms with Crippen LogP contribution in [0.4, 0.5) is 0 Å². The van der Waals surface area contributed by atoms with Crippen LogP contribution in [-0.2, 0) is 0 Å². The fourth-order valence-corrected chi connectivity index (χ4v) is 2.18. The Morgan fingerprint density at radius 2 is 1.85 bits per heavy atom. The van der Waals surface area contributed by atoms with Crippen molar-refractivity contribution in [2.45, 2.75) is 45.3 Å². The summed E-state index contributed by atoms with van der Waals surface area (Å²) >= 11 is 0. The van der Waals surface area contributed by atoms with E-state index in [4.69, 9.17) is 9.47 Å². The molecule has 0 spiro atoms. The standard InChI is InChI=1S/C16H27NO3/c1-5-10-17-16(3,12-18)11-13(2)20-15-8-6-14(19-4)7-9-15/h6-9,13,17-18H,5,10-12H2,1-4H3. The van der Waals surface area contributed by atoms with E-state index in [9.17, 15) is 5.11 Å². The summed E-state index contributed by atoms with van der Waals surface area (Å²) in [7, 11) is 1.64. The highest BCUT2D eigenvalue weighted by Crippen LogP contribution is 2.21. The number of hydrogen-bond acceptors (Lipinski definition) is 4. The number of hydrogen-bond donors (Lipinski definition) is 2. The fraction of sp³-hybridized carbons (Fsp3) is 0.625. The van der Waals surface area contributed by atoms with Crippen LogP contribution >= 0.6 is 0 Å². The Kier molecular flexibility index (Phi) is 6.82. The minimum Gasteiger partial charge on any atom is -0.497 e. The maximum atomic E-state index is 9.56. The van der Waals surface area contributed by atoms with E-state index in [1.165, 1.54) is 0 Å². The molecule has 0 amide bonds. The lowest BCUT2D eigenvalue weighted by atomic mass is 9.95. The molecule has 0 saturated carbocycles. The molecule has 0 saturated heterocycles. The van der Waals surface area contributed by atoms with Gasteiger partial charge in [0.1, 0.15) is 11.5 Å². The third-order valence-corrected chi connectivity index (χ3v) is 3.29. The van der Waals surface area contributed by atoms with Crippen LogP contribution in [0.1, 0.15) is 33.6 Å². The predicted molar refractivity (Wildman–Crippen MR) is 81.5 cm³/mol.